The number of rotatable bonds is 1. The van der Waals surface area contributed by atoms with Crippen LogP contribution < -0.4 is 0 Å². The van der Waals surface area contributed by atoms with E-state index in [2.05, 4.69) is 34.7 Å². The Morgan fingerprint density at radius 3 is 1.75 bits per heavy atom. The maximum atomic E-state index is 9.36. The highest BCUT2D eigenvalue weighted by atomic mass is 127. The molecule has 3 heteroatoms. The van der Waals surface area contributed by atoms with Crippen molar-refractivity contribution in [1.82, 2.24) is 0 Å². The lowest BCUT2D eigenvalue weighted by Gasteiger charge is -2.33. The zero-order valence-corrected chi connectivity index (χ0v) is 11.7. The summed E-state index contributed by atoms with van der Waals surface area (Å²) in [5, 5.41) is 18.7. The first kappa shape index (κ1) is 13.0. The zero-order valence-electron chi connectivity index (χ0n) is 9.58. The van der Waals surface area contributed by atoms with Crippen LogP contribution in [0.2, 0.25) is 0 Å². The number of hydrogen-bond acceptors (Lipinski definition) is 2. The molecule has 0 atom stereocenters. The maximum Gasteiger partial charge on any atom is 0.173 e. The van der Waals surface area contributed by atoms with Gasteiger partial charge in [-0.25, -0.2) is 0 Å². The number of halogens is 1. The summed E-state index contributed by atoms with van der Waals surface area (Å²) in [7, 11) is 0. The fraction of sp³-hybridized carbons (Fsp3) is 0.385. The van der Waals surface area contributed by atoms with E-state index in [1.54, 1.807) is 0 Å². The van der Waals surface area contributed by atoms with Crippen LogP contribution in [0.3, 0.4) is 0 Å². The molecule has 0 radical (unpaired) electrons. The van der Waals surface area contributed by atoms with Crippen LogP contribution in [0.15, 0.2) is 24.3 Å². The molecular formula is C13H13IN2. The van der Waals surface area contributed by atoms with Gasteiger partial charge in [-0.15, -0.1) is 0 Å². The fourth-order valence-corrected chi connectivity index (χ4v) is 1.98. The van der Waals surface area contributed by atoms with Crippen molar-refractivity contribution in [3.05, 3.63) is 33.4 Å². The molecule has 0 fully saturated rings. The Morgan fingerprint density at radius 2 is 1.44 bits per heavy atom. The van der Waals surface area contributed by atoms with Crippen molar-refractivity contribution < 1.29 is 0 Å². The van der Waals surface area contributed by atoms with Crippen LogP contribution in [0.5, 0.6) is 0 Å². The molecule has 0 aromatic heterocycles. The molecule has 0 amide bonds. The van der Waals surface area contributed by atoms with Crippen molar-refractivity contribution in [2.75, 3.05) is 0 Å². The highest BCUT2D eigenvalue weighted by Crippen LogP contribution is 2.40. The summed E-state index contributed by atoms with van der Waals surface area (Å²) in [6.45, 7) is 5.74. The predicted octanol–water partition coefficient (Wildman–Crippen LogP) is 3.62. The molecule has 1 rings (SSSR count). The Bertz CT molecular complexity index is 441. The van der Waals surface area contributed by atoms with Gasteiger partial charge in [0.15, 0.2) is 5.41 Å². The number of benzene rings is 1. The first-order chi connectivity index (χ1) is 7.37. The van der Waals surface area contributed by atoms with Gasteiger partial charge in [0.2, 0.25) is 0 Å². The Labute approximate surface area is 110 Å². The third-order valence-corrected chi connectivity index (χ3v) is 3.46. The summed E-state index contributed by atoms with van der Waals surface area (Å²) >= 11 is 2.20. The first-order valence-corrected chi connectivity index (χ1v) is 6.04. The van der Waals surface area contributed by atoms with Gasteiger partial charge < -0.3 is 0 Å². The van der Waals surface area contributed by atoms with E-state index in [0.29, 0.717) is 0 Å². The van der Waals surface area contributed by atoms with Crippen LogP contribution in [0.25, 0.3) is 0 Å². The van der Waals surface area contributed by atoms with Crippen LogP contribution >= 0.6 is 22.6 Å². The summed E-state index contributed by atoms with van der Waals surface area (Å²) in [4.78, 5) is 0. The number of nitriles is 2. The summed E-state index contributed by atoms with van der Waals surface area (Å²) in [5.41, 5.74) is -0.730. The lowest BCUT2D eigenvalue weighted by Crippen LogP contribution is -2.37. The van der Waals surface area contributed by atoms with E-state index >= 15 is 0 Å². The van der Waals surface area contributed by atoms with Gasteiger partial charge >= 0.3 is 0 Å². The Morgan fingerprint density at radius 1 is 1.00 bits per heavy atom. The average Bonchev–Trinajstić information content (AvgIpc) is 2.21. The molecule has 82 valence electrons. The summed E-state index contributed by atoms with van der Waals surface area (Å²) in [6, 6.07) is 11.9. The minimum Gasteiger partial charge on any atom is -0.196 e. The molecule has 0 saturated heterocycles. The molecule has 0 aliphatic heterocycles. The predicted molar refractivity (Wildman–Crippen MR) is 71.5 cm³/mol. The van der Waals surface area contributed by atoms with Crippen LogP contribution in [-0.2, 0) is 5.41 Å². The molecule has 0 N–H and O–H groups in total. The summed E-state index contributed by atoms with van der Waals surface area (Å²) in [5.74, 6) is 0. The van der Waals surface area contributed by atoms with Crippen molar-refractivity contribution in [3.8, 4) is 12.1 Å². The molecule has 0 aliphatic carbocycles. The minimum absolute atomic E-state index is 0.413. The van der Waals surface area contributed by atoms with Crippen LogP contribution in [0, 0.1) is 31.6 Å². The van der Waals surface area contributed by atoms with E-state index in [-0.39, 0.29) is 0 Å². The van der Waals surface area contributed by atoms with Gasteiger partial charge in [0.25, 0.3) is 0 Å². The smallest absolute Gasteiger partial charge is 0.173 e. The topological polar surface area (TPSA) is 47.6 Å². The molecule has 0 saturated carbocycles. The summed E-state index contributed by atoms with van der Waals surface area (Å²) in [6.07, 6.45) is 0. The van der Waals surface area contributed by atoms with Crippen LogP contribution in [0.1, 0.15) is 26.3 Å². The molecule has 1 aromatic carbocycles. The summed E-state index contributed by atoms with van der Waals surface area (Å²) < 4.78 is 1.10. The largest absolute Gasteiger partial charge is 0.196 e. The van der Waals surface area contributed by atoms with E-state index in [4.69, 9.17) is 0 Å². The van der Waals surface area contributed by atoms with E-state index in [0.717, 1.165) is 9.13 Å². The third kappa shape index (κ3) is 2.05. The molecular weight excluding hydrogens is 311 g/mol. The number of hydrogen-bond donors (Lipinski definition) is 0. The van der Waals surface area contributed by atoms with Gasteiger partial charge in [-0.2, -0.15) is 10.5 Å². The van der Waals surface area contributed by atoms with Gasteiger partial charge in [0, 0.05) is 3.57 Å². The molecule has 16 heavy (non-hydrogen) atoms. The van der Waals surface area contributed by atoms with Gasteiger partial charge in [0.1, 0.15) is 0 Å². The quantitative estimate of drug-likeness (QED) is 0.741. The maximum absolute atomic E-state index is 9.36. The normalized spacial score (nSPS) is 11.6. The SMILES string of the molecule is CC(C)(C)C(C#N)(C#N)c1ccc(I)cc1. The Kier molecular flexibility index (Phi) is 3.60. The van der Waals surface area contributed by atoms with Gasteiger partial charge in [0.05, 0.1) is 12.1 Å². The Hall–Kier alpha value is -1.07. The van der Waals surface area contributed by atoms with Gasteiger partial charge in [-0.05, 0) is 45.7 Å². The molecule has 0 bridgehead atoms. The molecule has 0 unspecified atom stereocenters. The standard InChI is InChI=1S/C13H13IN2/c1-12(2,3)13(8-15,9-16)10-4-6-11(14)7-5-10/h4-7H,1-3H3. The lowest BCUT2D eigenvalue weighted by molar-refractivity contribution is 0.306. The van der Waals surface area contributed by atoms with Gasteiger partial charge in [-0.1, -0.05) is 32.9 Å². The second kappa shape index (κ2) is 4.43. The van der Waals surface area contributed by atoms with Crippen molar-refractivity contribution >= 4 is 22.6 Å². The van der Waals surface area contributed by atoms with E-state index in [9.17, 15) is 10.5 Å². The second-order valence-electron chi connectivity index (χ2n) is 4.73. The monoisotopic (exact) mass is 324 g/mol. The number of nitrogens with zero attached hydrogens (tertiary/aromatic N) is 2. The molecule has 1 aromatic rings. The highest BCUT2D eigenvalue weighted by molar-refractivity contribution is 14.1. The fourth-order valence-electron chi connectivity index (χ4n) is 1.62. The van der Waals surface area contributed by atoms with Crippen LogP contribution in [0.4, 0.5) is 0 Å². The lowest BCUT2D eigenvalue weighted by atomic mass is 9.64. The van der Waals surface area contributed by atoms with E-state index < -0.39 is 10.8 Å². The van der Waals surface area contributed by atoms with Crippen molar-refractivity contribution in [2.24, 2.45) is 5.41 Å². The van der Waals surface area contributed by atoms with Gasteiger partial charge in [-0.3, -0.25) is 0 Å². The average molecular weight is 324 g/mol. The first-order valence-electron chi connectivity index (χ1n) is 4.96. The molecule has 0 heterocycles. The Balaban J connectivity index is 3.42. The van der Waals surface area contributed by atoms with Crippen molar-refractivity contribution in [2.45, 2.75) is 26.2 Å². The minimum atomic E-state index is -1.09. The highest BCUT2D eigenvalue weighted by Gasteiger charge is 2.44. The second-order valence-corrected chi connectivity index (χ2v) is 5.98. The van der Waals surface area contributed by atoms with Crippen molar-refractivity contribution in [3.63, 3.8) is 0 Å². The molecule has 0 aliphatic rings. The van der Waals surface area contributed by atoms with Crippen LogP contribution in [-0.4, -0.2) is 0 Å². The van der Waals surface area contributed by atoms with Crippen molar-refractivity contribution in [1.29, 1.82) is 10.5 Å². The van der Waals surface area contributed by atoms with E-state index in [1.807, 2.05) is 45.0 Å². The zero-order chi connectivity index (χ0) is 12.4. The third-order valence-electron chi connectivity index (χ3n) is 2.74. The molecule has 0 spiro atoms. The molecule has 2 nitrogen and oxygen atoms in total. The van der Waals surface area contributed by atoms with E-state index in [1.165, 1.54) is 0 Å².